The smallest absolute Gasteiger partial charge is 0.408 e. The number of benzene rings is 1. The van der Waals surface area contributed by atoms with Crippen molar-refractivity contribution in [1.29, 1.82) is 0 Å². The van der Waals surface area contributed by atoms with Crippen LogP contribution in [0.3, 0.4) is 0 Å². The molecule has 5 rings (SSSR count). The van der Waals surface area contributed by atoms with Crippen molar-refractivity contribution in [2.24, 2.45) is 10.5 Å². The number of nitrogens with zero attached hydrogens (tertiary/aromatic N) is 3. The van der Waals surface area contributed by atoms with Gasteiger partial charge in [0.25, 0.3) is 0 Å². The van der Waals surface area contributed by atoms with E-state index in [2.05, 4.69) is 15.8 Å². The van der Waals surface area contributed by atoms with Crippen molar-refractivity contribution in [1.82, 2.24) is 20.7 Å². The van der Waals surface area contributed by atoms with Crippen LogP contribution in [-0.2, 0) is 20.9 Å². The largest absolute Gasteiger partial charge is 0.451 e. The number of hydrogen-bond donors (Lipinski definition) is 3. The molecular formula is C24H33N5O6. The van der Waals surface area contributed by atoms with E-state index in [0.29, 0.717) is 13.2 Å². The number of fused-ring (bicyclic) bond motifs is 3. The quantitative estimate of drug-likeness (QED) is 0.537. The number of aliphatic hydroxyl groups excluding tert-OH is 1. The van der Waals surface area contributed by atoms with Crippen molar-refractivity contribution >= 4 is 18.0 Å². The standard InChI is InChI=1S/C24H33N5O6/c1-23(2,3)35-21(31)25-16(13-30)19-26-27-20(34-19)17-11-24(9-10-24)18-12-28(17)22(32)29(18)33-14-15-7-5-4-6-8-15/h4-8,16-18,20,27,30H,9-14H2,1-3H3,(H,25,31)/t16?,17?,18-,20?/m0/s1. The third-order valence-corrected chi connectivity index (χ3v) is 6.99. The highest BCUT2D eigenvalue weighted by Crippen LogP contribution is 2.59. The van der Waals surface area contributed by atoms with Crippen LogP contribution in [0.15, 0.2) is 35.4 Å². The van der Waals surface area contributed by atoms with Crippen LogP contribution in [0.2, 0.25) is 0 Å². The monoisotopic (exact) mass is 487 g/mol. The minimum atomic E-state index is -0.867. The highest BCUT2D eigenvalue weighted by atomic mass is 16.7. The molecule has 2 bridgehead atoms. The van der Waals surface area contributed by atoms with E-state index in [9.17, 15) is 14.7 Å². The maximum absolute atomic E-state index is 13.3. The second kappa shape index (κ2) is 8.87. The van der Waals surface area contributed by atoms with Crippen molar-refractivity contribution in [3.63, 3.8) is 0 Å². The summed E-state index contributed by atoms with van der Waals surface area (Å²) in [5.41, 5.74) is 3.30. The molecule has 3 fully saturated rings. The highest BCUT2D eigenvalue weighted by molar-refractivity contribution is 5.86. The number of hydroxylamine groups is 2. The number of hydrogen-bond acceptors (Lipinski definition) is 8. The average Bonchev–Trinajstić information content (AvgIpc) is 3.29. The third kappa shape index (κ3) is 4.74. The molecule has 35 heavy (non-hydrogen) atoms. The van der Waals surface area contributed by atoms with E-state index in [4.69, 9.17) is 14.3 Å². The minimum absolute atomic E-state index is 0.00293. The summed E-state index contributed by atoms with van der Waals surface area (Å²) in [7, 11) is 0. The van der Waals surface area contributed by atoms with Crippen LogP contribution < -0.4 is 10.7 Å². The van der Waals surface area contributed by atoms with Gasteiger partial charge in [-0.2, -0.15) is 5.06 Å². The molecule has 2 saturated heterocycles. The first-order valence-electron chi connectivity index (χ1n) is 12.1. The summed E-state index contributed by atoms with van der Waals surface area (Å²) in [5, 5.41) is 18.2. The van der Waals surface area contributed by atoms with Gasteiger partial charge in [0.05, 0.1) is 18.7 Å². The molecule has 1 aliphatic carbocycles. The molecular weight excluding hydrogens is 454 g/mol. The van der Waals surface area contributed by atoms with E-state index in [1.165, 1.54) is 0 Å². The predicted molar refractivity (Wildman–Crippen MR) is 125 cm³/mol. The Morgan fingerprint density at radius 1 is 1.34 bits per heavy atom. The molecule has 4 aliphatic rings. The zero-order valence-electron chi connectivity index (χ0n) is 20.3. The van der Waals surface area contributed by atoms with Gasteiger partial charge in [0.1, 0.15) is 18.2 Å². The van der Waals surface area contributed by atoms with Gasteiger partial charge in [-0.1, -0.05) is 30.3 Å². The minimum Gasteiger partial charge on any atom is -0.451 e. The summed E-state index contributed by atoms with van der Waals surface area (Å²) in [6.45, 7) is 5.75. The molecule has 3 N–H and O–H groups in total. The van der Waals surface area contributed by atoms with Crippen LogP contribution >= 0.6 is 0 Å². The van der Waals surface area contributed by atoms with Crippen molar-refractivity contribution < 1.29 is 29.0 Å². The molecule has 1 aromatic rings. The second-order valence-corrected chi connectivity index (χ2v) is 10.7. The number of piperidine rings is 1. The number of hydrazone groups is 1. The van der Waals surface area contributed by atoms with Gasteiger partial charge in [0, 0.05) is 6.54 Å². The molecule has 3 heterocycles. The first kappa shape index (κ1) is 23.7. The number of amides is 3. The van der Waals surface area contributed by atoms with Crippen molar-refractivity contribution in [2.75, 3.05) is 13.2 Å². The average molecular weight is 488 g/mol. The Labute approximate surface area is 204 Å². The molecule has 3 aliphatic heterocycles. The van der Waals surface area contributed by atoms with E-state index in [-0.39, 0.29) is 29.4 Å². The van der Waals surface area contributed by atoms with Crippen LogP contribution in [0.5, 0.6) is 0 Å². The Morgan fingerprint density at radius 3 is 2.74 bits per heavy atom. The second-order valence-electron chi connectivity index (χ2n) is 10.7. The molecule has 3 unspecified atom stereocenters. The SMILES string of the molecule is CC(C)(C)OC(=O)NC(CO)C1=NNC(C2CC3(CC3)[C@@H]3CN2C(=O)N3OCc2ccccc2)O1. The van der Waals surface area contributed by atoms with E-state index < -0.39 is 30.6 Å². The number of alkyl carbamates (subject to hydrolysis) is 1. The van der Waals surface area contributed by atoms with E-state index in [0.717, 1.165) is 24.8 Å². The van der Waals surface area contributed by atoms with Gasteiger partial charge in [0.15, 0.2) is 0 Å². The number of ether oxygens (including phenoxy) is 2. The number of urea groups is 1. The van der Waals surface area contributed by atoms with Gasteiger partial charge >= 0.3 is 12.1 Å². The fourth-order valence-corrected chi connectivity index (χ4v) is 5.08. The van der Waals surface area contributed by atoms with Crippen LogP contribution in [0.1, 0.15) is 45.6 Å². The fraction of sp³-hybridized carbons (Fsp3) is 0.625. The maximum atomic E-state index is 13.3. The Bertz CT molecular complexity index is 992. The summed E-state index contributed by atoms with van der Waals surface area (Å²) < 4.78 is 11.3. The van der Waals surface area contributed by atoms with Crippen molar-refractivity contribution in [2.45, 2.75) is 76.6 Å². The number of carbonyl (C=O) groups excluding carboxylic acids is 2. The van der Waals surface area contributed by atoms with E-state index >= 15 is 0 Å². The molecule has 0 radical (unpaired) electrons. The summed E-state index contributed by atoms with van der Waals surface area (Å²) in [6.07, 6.45) is 1.56. The molecule has 190 valence electrons. The Balaban J connectivity index is 1.23. The van der Waals surface area contributed by atoms with Crippen LogP contribution in [0.25, 0.3) is 0 Å². The van der Waals surface area contributed by atoms with Gasteiger partial charge < -0.3 is 24.8 Å². The molecule has 11 nitrogen and oxygen atoms in total. The van der Waals surface area contributed by atoms with Crippen molar-refractivity contribution in [3.05, 3.63) is 35.9 Å². The molecule has 4 atom stereocenters. The number of nitrogens with one attached hydrogen (secondary N) is 2. The van der Waals surface area contributed by atoms with Crippen LogP contribution in [0, 0.1) is 5.41 Å². The third-order valence-electron chi connectivity index (χ3n) is 6.99. The highest BCUT2D eigenvalue weighted by Gasteiger charge is 2.65. The maximum Gasteiger partial charge on any atom is 0.408 e. The lowest BCUT2D eigenvalue weighted by Crippen LogP contribution is -2.54. The zero-order valence-corrected chi connectivity index (χ0v) is 20.3. The van der Waals surface area contributed by atoms with Gasteiger partial charge in [-0.25, -0.2) is 9.59 Å². The molecule has 1 aromatic carbocycles. The lowest BCUT2D eigenvalue weighted by Gasteiger charge is -2.38. The first-order chi connectivity index (χ1) is 16.7. The molecule has 1 saturated carbocycles. The van der Waals surface area contributed by atoms with Gasteiger partial charge in [-0.05, 0) is 51.0 Å². The number of aliphatic hydroxyl groups is 1. The summed E-state index contributed by atoms with van der Waals surface area (Å²) >= 11 is 0. The number of carbonyl (C=O) groups is 2. The summed E-state index contributed by atoms with van der Waals surface area (Å²) in [6, 6.07) is 8.50. The van der Waals surface area contributed by atoms with Gasteiger partial charge in [-0.15, -0.1) is 5.10 Å². The molecule has 1 spiro atoms. The van der Waals surface area contributed by atoms with Gasteiger partial charge in [-0.3, -0.25) is 10.3 Å². The number of rotatable bonds is 7. The summed E-state index contributed by atoms with van der Waals surface area (Å²) in [4.78, 5) is 33.3. The van der Waals surface area contributed by atoms with Crippen LogP contribution in [-0.4, -0.2) is 76.2 Å². The predicted octanol–water partition coefficient (Wildman–Crippen LogP) is 1.92. The summed E-state index contributed by atoms with van der Waals surface area (Å²) in [5.74, 6) is 0.152. The fourth-order valence-electron chi connectivity index (χ4n) is 5.08. The lowest BCUT2D eigenvalue weighted by atomic mass is 9.84. The van der Waals surface area contributed by atoms with E-state index in [1.54, 1.807) is 30.7 Å². The van der Waals surface area contributed by atoms with Crippen LogP contribution in [0.4, 0.5) is 9.59 Å². The normalized spacial score (nSPS) is 27.3. The lowest BCUT2D eigenvalue weighted by molar-refractivity contribution is -0.153. The zero-order chi connectivity index (χ0) is 24.8. The van der Waals surface area contributed by atoms with E-state index in [1.807, 2.05) is 30.3 Å². The molecule has 11 heteroatoms. The van der Waals surface area contributed by atoms with Crippen molar-refractivity contribution in [3.8, 4) is 0 Å². The Hall–Kier alpha value is -3.05. The first-order valence-corrected chi connectivity index (χ1v) is 12.1. The Kier molecular flexibility index (Phi) is 6.00. The van der Waals surface area contributed by atoms with Gasteiger partial charge in [0.2, 0.25) is 12.1 Å². The Morgan fingerprint density at radius 2 is 2.09 bits per heavy atom. The molecule has 0 aromatic heterocycles. The molecule has 3 amide bonds. The topological polar surface area (TPSA) is 125 Å².